The molecule has 1 aliphatic carbocycles. The Balaban J connectivity index is 1.37. The van der Waals surface area contributed by atoms with Gasteiger partial charge in [0.1, 0.15) is 5.76 Å². The highest BCUT2D eigenvalue weighted by Gasteiger charge is 2.58. The summed E-state index contributed by atoms with van der Waals surface area (Å²) in [6, 6.07) is 8.05. The molecule has 1 aromatic carbocycles. The number of fused-ring (bicyclic) bond motifs is 3. The van der Waals surface area contributed by atoms with Gasteiger partial charge >= 0.3 is 11.9 Å². The molecule has 4 atom stereocenters. The predicted molar refractivity (Wildman–Crippen MR) is 136 cm³/mol. The van der Waals surface area contributed by atoms with Gasteiger partial charge in [0.2, 0.25) is 6.79 Å². The molecule has 0 amide bonds. The van der Waals surface area contributed by atoms with Crippen LogP contribution in [0.5, 0.6) is 11.5 Å². The van der Waals surface area contributed by atoms with Gasteiger partial charge in [-0.15, -0.1) is 11.3 Å². The average Bonchev–Trinajstić information content (AvgIpc) is 3.69. The third kappa shape index (κ3) is 4.18. The van der Waals surface area contributed by atoms with Crippen molar-refractivity contribution in [1.82, 2.24) is 4.90 Å². The van der Waals surface area contributed by atoms with Gasteiger partial charge in [-0.2, -0.15) is 0 Å². The summed E-state index contributed by atoms with van der Waals surface area (Å²) in [7, 11) is 2.97. The van der Waals surface area contributed by atoms with E-state index in [0.29, 0.717) is 12.2 Å². The van der Waals surface area contributed by atoms with Crippen molar-refractivity contribution in [3.05, 3.63) is 57.5 Å². The zero-order valence-electron chi connectivity index (χ0n) is 21.1. The summed E-state index contributed by atoms with van der Waals surface area (Å²) in [6.07, 6.45) is 4.84. The molecule has 1 saturated heterocycles. The van der Waals surface area contributed by atoms with E-state index < -0.39 is 24.0 Å². The third-order valence-electron chi connectivity index (χ3n) is 8.21. The summed E-state index contributed by atoms with van der Waals surface area (Å²) < 4.78 is 28.5. The number of nitrogens with zero attached hydrogens (tertiary/aromatic N) is 1. The number of benzene rings is 1. The molecule has 0 N–H and O–H groups in total. The second-order valence-corrected chi connectivity index (χ2v) is 11.1. The Morgan fingerprint density at radius 2 is 2.05 bits per heavy atom. The topological polar surface area (TPSA) is 83.5 Å². The highest BCUT2D eigenvalue weighted by molar-refractivity contribution is 7.09. The Morgan fingerprint density at radius 1 is 1.22 bits per heavy atom. The fourth-order valence-corrected chi connectivity index (χ4v) is 7.30. The number of hydrogen-bond acceptors (Lipinski definition) is 9. The molecule has 4 aliphatic rings. The van der Waals surface area contributed by atoms with Crippen molar-refractivity contribution in [3.63, 3.8) is 0 Å². The summed E-state index contributed by atoms with van der Waals surface area (Å²) in [4.78, 5) is 29.5. The van der Waals surface area contributed by atoms with Crippen LogP contribution in [-0.4, -0.2) is 62.6 Å². The number of carbonyl (C=O) groups excluding carboxylic acids is 2. The van der Waals surface area contributed by atoms with E-state index in [-0.39, 0.29) is 24.7 Å². The van der Waals surface area contributed by atoms with E-state index in [1.807, 2.05) is 17.5 Å². The van der Waals surface area contributed by atoms with Gasteiger partial charge in [-0.3, -0.25) is 14.5 Å². The molecule has 0 saturated carbocycles. The Kier molecular flexibility index (Phi) is 6.36. The molecule has 3 aliphatic heterocycles. The molecule has 1 spiro atoms. The second-order valence-electron chi connectivity index (χ2n) is 10.1. The molecular formula is C28H31NO7S. The van der Waals surface area contributed by atoms with E-state index >= 15 is 0 Å². The Bertz CT molecular complexity index is 1230. The van der Waals surface area contributed by atoms with Crippen molar-refractivity contribution >= 4 is 23.3 Å². The Morgan fingerprint density at radius 3 is 2.81 bits per heavy atom. The van der Waals surface area contributed by atoms with Crippen LogP contribution in [-0.2, 0) is 36.6 Å². The lowest BCUT2D eigenvalue weighted by Gasteiger charge is -2.39. The van der Waals surface area contributed by atoms with Gasteiger partial charge < -0.3 is 23.7 Å². The molecule has 8 nitrogen and oxygen atoms in total. The lowest BCUT2D eigenvalue weighted by molar-refractivity contribution is -0.159. The van der Waals surface area contributed by atoms with Crippen LogP contribution >= 0.6 is 11.3 Å². The molecule has 196 valence electrons. The number of methoxy groups -OCH3 is 2. The average molecular weight is 526 g/mol. The van der Waals surface area contributed by atoms with Gasteiger partial charge in [-0.25, -0.2) is 0 Å². The summed E-state index contributed by atoms with van der Waals surface area (Å²) in [6.45, 7) is 2.09. The van der Waals surface area contributed by atoms with Gasteiger partial charge in [0.25, 0.3) is 0 Å². The SMILES string of the molecule is COC(=O)C[C@@H](Cc1cccs1)C(=O)O[C@@H]1C(OC)=C[C@]23CCCN2CCc2cc4c(cc2[C@H]13)OCO4. The number of rotatable bonds is 7. The summed E-state index contributed by atoms with van der Waals surface area (Å²) in [5.41, 5.74) is 1.98. The summed E-state index contributed by atoms with van der Waals surface area (Å²) in [5, 5.41) is 1.96. The smallest absolute Gasteiger partial charge is 0.310 e. The number of esters is 2. The maximum atomic E-state index is 13.7. The molecule has 6 rings (SSSR count). The Labute approximate surface area is 220 Å². The molecule has 0 unspecified atom stereocenters. The largest absolute Gasteiger partial charge is 0.497 e. The van der Waals surface area contributed by atoms with Crippen LogP contribution in [0.4, 0.5) is 0 Å². The van der Waals surface area contributed by atoms with Gasteiger partial charge in [-0.05, 0) is 73.0 Å². The highest BCUT2D eigenvalue weighted by atomic mass is 32.1. The number of thiophene rings is 1. The third-order valence-corrected chi connectivity index (χ3v) is 9.11. The van der Waals surface area contributed by atoms with Gasteiger partial charge in [-0.1, -0.05) is 6.07 Å². The van der Waals surface area contributed by atoms with Crippen LogP contribution in [0.25, 0.3) is 0 Å². The minimum absolute atomic E-state index is 0.0385. The molecule has 4 heterocycles. The van der Waals surface area contributed by atoms with Crippen molar-refractivity contribution in [2.45, 2.75) is 49.7 Å². The van der Waals surface area contributed by atoms with E-state index in [4.69, 9.17) is 23.7 Å². The van der Waals surface area contributed by atoms with Crippen molar-refractivity contribution in [2.24, 2.45) is 5.92 Å². The quantitative estimate of drug-likeness (QED) is 0.505. The van der Waals surface area contributed by atoms with Crippen molar-refractivity contribution in [2.75, 3.05) is 34.1 Å². The van der Waals surface area contributed by atoms with E-state index in [9.17, 15) is 9.59 Å². The van der Waals surface area contributed by atoms with Gasteiger partial charge in [0.15, 0.2) is 17.6 Å². The van der Waals surface area contributed by atoms with Gasteiger partial charge in [0, 0.05) is 11.4 Å². The Hall–Kier alpha value is -3.04. The minimum atomic E-state index is -0.651. The number of ether oxygens (including phenoxy) is 5. The van der Waals surface area contributed by atoms with Crippen LogP contribution in [0.15, 0.2) is 41.5 Å². The molecule has 37 heavy (non-hydrogen) atoms. The second kappa shape index (κ2) is 9.68. The highest BCUT2D eigenvalue weighted by Crippen LogP contribution is 2.55. The fraction of sp³-hybridized carbons (Fsp3) is 0.500. The van der Waals surface area contributed by atoms with Crippen LogP contribution < -0.4 is 9.47 Å². The fourth-order valence-electron chi connectivity index (χ4n) is 6.51. The first-order chi connectivity index (χ1) is 18.0. The van der Waals surface area contributed by atoms with Crippen LogP contribution in [0.3, 0.4) is 0 Å². The van der Waals surface area contributed by atoms with Crippen molar-refractivity contribution in [1.29, 1.82) is 0 Å². The van der Waals surface area contributed by atoms with Crippen LogP contribution in [0, 0.1) is 5.92 Å². The molecular weight excluding hydrogens is 494 g/mol. The predicted octanol–water partition coefficient (Wildman–Crippen LogP) is 3.83. The summed E-state index contributed by atoms with van der Waals surface area (Å²) >= 11 is 1.56. The van der Waals surface area contributed by atoms with Crippen LogP contribution in [0.1, 0.15) is 41.2 Å². The first-order valence-corrected chi connectivity index (χ1v) is 13.6. The van der Waals surface area contributed by atoms with Crippen LogP contribution in [0.2, 0.25) is 0 Å². The van der Waals surface area contributed by atoms with E-state index in [0.717, 1.165) is 54.3 Å². The summed E-state index contributed by atoms with van der Waals surface area (Å²) in [5.74, 6) is 0.485. The maximum Gasteiger partial charge on any atom is 0.310 e. The maximum absolute atomic E-state index is 13.7. The minimum Gasteiger partial charge on any atom is -0.497 e. The van der Waals surface area contributed by atoms with Crippen molar-refractivity contribution < 1.29 is 33.3 Å². The monoisotopic (exact) mass is 525 g/mol. The zero-order chi connectivity index (χ0) is 25.6. The normalized spacial score (nSPS) is 26.4. The van der Waals surface area contributed by atoms with E-state index in [2.05, 4.69) is 23.1 Å². The van der Waals surface area contributed by atoms with E-state index in [1.165, 1.54) is 12.7 Å². The van der Waals surface area contributed by atoms with Gasteiger partial charge in [0.05, 0.1) is 38.0 Å². The molecule has 2 aromatic rings. The lowest BCUT2D eigenvalue weighted by Crippen LogP contribution is -2.47. The molecule has 0 bridgehead atoms. The van der Waals surface area contributed by atoms with Crippen molar-refractivity contribution in [3.8, 4) is 11.5 Å². The zero-order valence-corrected chi connectivity index (χ0v) is 21.9. The number of carbonyl (C=O) groups is 2. The first-order valence-electron chi connectivity index (χ1n) is 12.8. The molecule has 9 heteroatoms. The number of hydrogen-bond donors (Lipinski definition) is 0. The molecule has 0 radical (unpaired) electrons. The molecule has 1 aromatic heterocycles. The lowest BCUT2D eigenvalue weighted by atomic mass is 9.77. The molecule has 1 fully saturated rings. The van der Waals surface area contributed by atoms with E-state index in [1.54, 1.807) is 18.4 Å². The first kappa shape index (κ1) is 24.3. The standard InChI is InChI=1S/C28H31NO7S/c1-32-23-15-28-7-4-8-29(28)9-6-17-12-21-22(35-16-34-21)14-20(17)25(28)26(23)36-27(31)18(13-24(30)33-2)11-19-5-3-10-37-19/h3,5,10,12,14-15,18,25-26H,4,6-9,11,13,16H2,1-2H3/t18-,25-,26-,28+/m1/s1.